The minimum atomic E-state index is 0.419. The Morgan fingerprint density at radius 2 is 2.06 bits per heavy atom. The van der Waals surface area contributed by atoms with Crippen LogP contribution in [-0.4, -0.2) is 68.7 Å². The highest BCUT2D eigenvalue weighted by atomic mass is 15.2. The Labute approximate surface area is 106 Å². The highest BCUT2D eigenvalue weighted by molar-refractivity contribution is 4.82. The molecule has 2 heterocycles. The van der Waals surface area contributed by atoms with Crippen molar-refractivity contribution in [2.45, 2.75) is 25.3 Å². The molecule has 2 fully saturated rings. The summed E-state index contributed by atoms with van der Waals surface area (Å²) in [6, 6.07) is 0.419. The summed E-state index contributed by atoms with van der Waals surface area (Å²) in [6.45, 7) is 8.39. The van der Waals surface area contributed by atoms with Crippen molar-refractivity contribution < 1.29 is 0 Å². The van der Waals surface area contributed by atoms with Gasteiger partial charge in [0.1, 0.15) is 0 Å². The maximum atomic E-state index is 6.30. The van der Waals surface area contributed by atoms with Crippen LogP contribution in [0, 0.1) is 5.92 Å². The summed E-state index contributed by atoms with van der Waals surface area (Å²) >= 11 is 0. The van der Waals surface area contributed by atoms with Crippen LogP contribution in [0.25, 0.3) is 0 Å². The molecule has 0 spiro atoms. The summed E-state index contributed by atoms with van der Waals surface area (Å²) in [6.07, 6.45) is 3.76. The molecule has 2 atom stereocenters. The van der Waals surface area contributed by atoms with E-state index in [-0.39, 0.29) is 0 Å². The molecular formula is C13H28N4. The monoisotopic (exact) mass is 240 g/mol. The zero-order chi connectivity index (χ0) is 12.1. The summed E-state index contributed by atoms with van der Waals surface area (Å²) in [5.41, 5.74) is 6.30. The van der Waals surface area contributed by atoms with E-state index < -0.39 is 0 Å². The minimum absolute atomic E-state index is 0.419. The molecule has 100 valence electrons. The molecule has 0 radical (unpaired) electrons. The standard InChI is InChI=1S/C13H28N4/c1-16-8-4-12(11-16)13(14)3-2-7-17-9-5-15-6-10-17/h12-13,15H,2-11,14H2,1H3. The van der Waals surface area contributed by atoms with Gasteiger partial charge in [-0.05, 0) is 45.3 Å². The molecule has 4 nitrogen and oxygen atoms in total. The van der Waals surface area contributed by atoms with Crippen LogP contribution in [-0.2, 0) is 0 Å². The van der Waals surface area contributed by atoms with E-state index in [0.717, 1.165) is 19.0 Å². The van der Waals surface area contributed by atoms with Crippen LogP contribution in [0.1, 0.15) is 19.3 Å². The van der Waals surface area contributed by atoms with E-state index in [1.54, 1.807) is 0 Å². The van der Waals surface area contributed by atoms with Gasteiger partial charge in [-0.2, -0.15) is 0 Å². The number of rotatable bonds is 5. The van der Waals surface area contributed by atoms with Crippen LogP contribution in [0.3, 0.4) is 0 Å². The van der Waals surface area contributed by atoms with Gasteiger partial charge in [-0.1, -0.05) is 0 Å². The Balaban J connectivity index is 1.57. The molecule has 0 aromatic heterocycles. The van der Waals surface area contributed by atoms with Crippen LogP contribution in [0.2, 0.25) is 0 Å². The second-order valence-corrected chi connectivity index (χ2v) is 5.71. The van der Waals surface area contributed by atoms with E-state index in [9.17, 15) is 0 Å². The SMILES string of the molecule is CN1CCC(C(N)CCCN2CCNCC2)C1. The van der Waals surface area contributed by atoms with Crippen molar-refractivity contribution in [1.29, 1.82) is 0 Å². The topological polar surface area (TPSA) is 44.5 Å². The van der Waals surface area contributed by atoms with Crippen molar-refractivity contribution in [3.63, 3.8) is 0 Å². The molecule has 2 aliphatic rings. The first-order valence-corrected chi connectivity index (χ1v) is 7.13. The van der Waals surface area contributed by atoms with Gasteiger partial charge in [-0.25, -0.2) is 0 Å². The fourth-order valence-electron chi connectivity index (χ4n) is 3.04. The molecule has 17 heavy (non-hydrogen) atoms. The zero-order valence-corrected chi connectivity index (χ0v) is 11.2. The van der Waals surface area contributed by atoms with Crippen LogP contribution in [0.15, 0.2) is 0 Å². The molecule has 3 N–H and O–H groups in total. The quantitative estimate of drug-likeness (QED) is 0.707. The summed E-state index contributed by atoms with van der Waals surface area (Å²) in [5.74, 6) is 0.739. The molecule has 2 rings (SSSR count). The number of nitrogens with one attached hydrogen (secondary N) is 1. The second kappa shape index (κ2) is 6.69. The molecule has 2 saturated heterocycles. The summed E-state index contributed by atoms with van der Waals surface area (Å²) in [4.78, 5) is 4.96. The van der Waals surface area contributed by atoms with Gasteiger partial charge in [0, 0.05) is 38.8 Å². The third-order valence-corrected chi connectivity index (χ3v) is 4.25. The lowest BCUT2D eigenvalue weighted by Gasteiger charge is -2.28. The van der Waals surface area contributed by atoms with Gasteiger partial charge in [0.25, 0.3) is 0 Å². The van der Waals surface area contributed by atoms with Crippen molar-refractivity contribution in [3.05, 3.63) is 0 Å². The van der Waals surface area contributed by atoms with Crippen molar-refractivity contribution in [2.75, 3.05) is 52.9 Å². The van der Waals surface area contributed by atoms with E-state index in [2.05, 4.69) is 22.2 Å². The van der Waals surface area contributed by atoms with E-state index in [0.29, 0.717) is 6.04 Å². The largest absolute Gasteiger partial charge is 0.327 e. The van der Waals surface area contributed by atoms with Gasteiger partial charge >= 0.3 is 0 Å². The lowest BCUT2D eigenvalue weighted by atomic mass is 9.95. The zero-order valence-electron chi connectivity index (χ0n) is 11.2. The number of likely N-dealkylation sites (tertiary alicyclic amines) is 1. The lowest BCUT2D eigenvalue weighted by Crippen LogP contribution is -2.44. The first-order valence-electron chi connectivity index (χ1n) is 7.13. The summed E-state index contributed by atoms with van der Waals surface area (Å²) < 4.78 is 0. The Kier molecular flexibility index (Phi) is 5.22. The molecule has 0 aromatic carbocycles. The molecule has 0 bridgehead atoms. The Morgan fingerprint density at radius 1 is 1.29 bits per heavy atom. The van der Waals surface area contributed by atoms with E-state index in [1.807, 2.05) is 0 Å². The fourth-order valence-corrected chi connectivity index (χ4v) is 3.04. The minimum Gasteiger partial charge on any atom is -0.327 e. The highest BCUT2D eigenvalue weighted by Crippen LogP contribution is 2.19. The van der Waals surface area contributed by atoms with Gasteiger partial charge < -0.3 is 20.9 Å². The lowest BCUT2D eigenvalue weighted by molar-refractivity contribution is 0.231. The van der Waals surface area contributed by atoms with Crippen molar-refractivity contribution in [2.24, 2.45) is 11.7 Å². The maximum Gasteiger partial charge on any atom is 0.0107 e. The molecule has 0 aromatic rings. The van der Waals surface area contributed by atoms with Gasteiger partial charge in [0.05, 0.1) is 0 Å². The Bertz CT molecular complexity index is 215. The molecule has 2 unspecified atom stereocenters. The highest BCUT2D eigenvalue weighted by Gasteiger charge is 2.24. The van der Waals surface area contributed by atoms with Gasteiger partial charge in [-0.15, -0.1) is 0 Å². The molecular weight excluding hydrogens is 212 g/mol. The second-order valence-electron chi connectivity index (χ2n) is 5.71. The predicted octanol–water partition coefficient (Wildman–Crippen LogP) is -0.0492. The number of hydrogen-bond donors (Lipinski definition) is 2. The number of nitrogens with zero attached hydrogens (tertiary/aromatic N) is 2. The number of hydrogen-bond acceptors (Lipinski definition) is 4. The molecule has 0 saturated carbocycles. The summed E-state index contributed by atoms with van der Waals surface area (Å²) in [5, 5.41) is 3.39. The average molecular weight is 240 g/mol. The summed E-state index contributed by atoms with van der Waals surface area (Å²) in [7, 11) is 2.20. The molecule has 0 aliphatic carbocycles. The molecule has 2 aliphatic heterocycles. The van der Waals surface area contributed by atoms with Crippen molar-refractivity contribution in [1.82, 2.24) is 15.1 Å². The third kappa shape index (κ3) is 4.21. The molecule has 0 amide bonds. The predicted molar refractivity (Wildman–Crippen MR) is 72.1 cm³/mol. The number of nitrogens with two attached hydrogens (primary N) is 1. The smallest absolute Gasteiger partial charge is 0.0107 e. The van der Waals surface area contributed by atoms with Crippen LogP contribution in [0.4, 0.5) is 0 Å². The Morgan fingerprint density at radius 3 is 2.71 bits per heavy atom. The van der Waals surface area contributed by atoms with Gasteiger partial charge in [0.15, 0.2) is 0 Å². The molecule has 4 heteroatoms. The first-order chi connectivity index (χ1) is 8.25. The van der Waals surface area contributed by atoms with Crippen LogP contribution >= 0.6 is 0 Å². The normalized spacial score (nSPS) is 29.6. The van der Waals surface area contributed by atoms with E-state index in [4.69, 9.17) is 5.73 Å². The first kappa shape index (κ1) is 13.3. The van der Waals surface area contributed by atoms with Gasteiger partial charge in [-0.3, -0.25) is 0 Å². The maximum absolute atomic E-state index is 6.30. The van der Waals surface area contributed by atoms with Crippen molar-refractivity contribution in [3.8, 4) is 0 Å². The third-order valence-electron chi connectivity index (χ3n) is 4.25. The van der Waals surface area contributed by atoms with Crippen LogP contribution in [0.5, 0.6) is 0 Å². The fraction of sp³-hybridized carbons (Fsp3) is 1.00. The van der Waals surface area contributed by atoms with Crippen molar-refractivity contribution >= 4 is 0 Å². The number of piperazine rings is 1. The average Bonchev–Trinajstić information content (AvgIpc) is 2.77. The van der Waals surface area contributed by atoms with E-state index in [1.165, 1.54) is 52.0 Å². The van der Waals surface area contributed by atoms with Crippen LogP contribution < -0.4 is 11.1 Å². The van der Waals surface area contributed by atoms with E-state index >= 15 is 0 Å². The Hall–Kier alpha value is -0.160. The van der Waals surface area contributed by atoms with Gasteiger partial charge in [0.2, 0.25) is 0 Å².